The second-order valence-electron chi connectivity index (χ2n) is 8.04. The number of benzene rings is 1. The highest BCUT2D eigenvalue weighted by Gasteiger charge is 2.30. The third kappa shape index (κ3) is 5.15. The number of hydrogen-bond donors (Lipinski definition) is 1. The lowest BCUT2D eigenvalue weighted by Gasteiger charge is -2.31. The van der Waals surface area contributed by atoms with Gasteiger partial charge < -0.3 is 10.1 Å². The monoisotopic (exact) mass is 417 g/mol. The molecule has 2 unspecified atom stereocenters. The summed E-state index contributed by atoms with van der Waals surface area (Å²) in [5.41, 5.74) is 1.18. The number of ether oxygens (including phenoxy) is 1. The summed E-state index contributed by atoms with van der Waals surface area (Å²) in [7, 11) is -3.57. The van der Waals surface area contributed by atoms with Crippen LogP contribution in [0, 0.1) is 0 Å². The molecule has 29 heavy (non-hydrogen) atoms. The third-order valence-corrected chi connectivity index (χ3v) is 7.37. The van der Waals surface area contributed by atoms with Crippen molar-refractivity contribution in [2.45, 2.75) is 69.7 Å². The molecule has 0 saturated carbocycles. The number of pyridine rings is 1. The van der Waals surface area contributed by atoms with Gasteiger partial charge in [-0.1, -0.05) is 30.3 Å². The Morgan fingerprint density at radius 3 is 2.34 bits per heavy atom. The van der Waals surface area contributed by atoms with E-state index in [0.29, 0.717) is 12.4 Å². The third-order valence-electron chi connectivity index (χ3n) is 5.14. The first-order valence-electron chi connectivity index (χ1n) is 10.2. The van der Waals surface area contributed by atoms with Crippen LogP contribution in [0.3, 0.4) is 0 Å². The van der Waals surface area contributed by atoms with Crippen LogP contribution < -0.4 is 5.32 Å². The highest BCUT2D eigenvalue weighted by Crippen LogP contribution is 2.29. The Balaban J connectivity index is 1.69. The van der Waals surface area contributed by atoms with Crippen LogP contribution in [0.1, 0.15) is 52.2 Å². The van der Waals surface area contributed by atoms with Gasteiger partial charge in [0.25, 0.3) is 0 Å². The molecule has 2 aromatic rings. The van der Waals surface area contributed by atoms with Crippen molar-refractivity contribution in [3.63, 3.8) is 0 Å². The molecule has 0 bridgehead atoms. The summed E-state index contributed by atoms with van der Waals surface area (Å²) in [6.07, 6.45) is 3.25. The summed E-state index contributed by atoms with van der Waals surface area (Å²) >= 11 is 0. The van der Waals surface area contributed by atoms with Gasteiger partial charge in [0.1, 0.15) is 10.7 Å². The molecule has 2 atom stereocenters. The van der Waals surface area contributed by atoms with Gasteiger partial charge in [-0.25, -0.2) is 13.4 Å². The van der Waals surface area contributed by atoms with Gasteiger partial charge in [-0.2, -0.15) is 4.31 Å². The number of nitrogens with zero attached hydrogens (tertiary/aromatic N) is 2. The Morgan fingerprint density at radius 1 is 1.07 bits per heavy atom. The molecule has 1 aliphatic rings. The van der Waals surface area contributed by atoms with Crippen molar-refractivity contribution in [1.82, 2.24) is 9.29 Å². The van der Waals surface area contributed by atoms with E-state index < -0.39 is 10.0 Å². The number of hydrogen-bond acceptors (Lipinski definition) is 5. The molecule has 7 heteroatoms. The van der Waals surface area contributed by atoms with Crippen molar-refractivity contribution in [2.24, 2.45) is 0 Å². The van der Waals surface area contributed by atoms with E-state index in [1.54, 1.807) is 12.1 Å². The van der Waals surface area contributed by atoms with Gasteiger partial charge in [-0.15, -0.1) is 0 Å². The normalized spacial score (nSPS) is 20.4. The fourth-order valence-electron chi connectivity index (χ4n) is 3.93. The number of rotatable bonds is 7. The first-order valence-corrected chi connectivity index (χ1v) is 11.7. The molecule has 1 aromatic heterocycles. The Morgan fingerprint density at radius 2 is 1.76 bits per heavy atom. The lowest BCUT2D eigenvalue weighted by Crippen LogP contribution is -2.41. The van der Waals surface area contributed by atoms with Crippen molar-refractivity contribution in [3.8, 4) is 0 Å². The summed E-state index contributed by atoms with van der Waals surface area (Å²) in [6, 6.07) is 13.6. The molecule has 1 saturated heterocycles. The predicted octanol–water partition coefficient (Wildman–Crippen LogP) is 4.22. The van der Waals surface area contributed by atoms with Crippen molar-refractivity contribution < 1.29 is 13.2 Å². The maximum atomic E-state index is 13.0. The molecule has 158 valence electrons. The minimum atomic E-state index is -3.57. The number of anilines is 1. The van der Waals surface area contributed by atoms with E-state index >= 15 is 0 Å². The van der Waals surface area contributed by atoms with Gasteiger partial charge in [0, 0.05) is 30.9 Å². The zero-order chi connectivity index (χ0) is 21.0. The Bertz CT molecular complexity index is 875. The smallest absolute Gasteiger partial charge is 0.245 e. The summed E-state index contributed by atoms with van der Waals surface area (Å²) < 4.78 is 33.4. The quantitative estimate of drug-likeness (QED) is 0.730. The lowest BCUT2D eigenvalue weighted by atomic mass is 9.97. The summed E-state index contributed by atoms with van der Waals surface area (Å²) in [4.78, 5) is 4.60. The van der Waals surface area contributed by atoms with Crippen molar-refractivity contribution in [3.05, 3.63) is 54.2 Å². The van der Waals surface area contributed by atoms with Gasteiger partial charge in [0.2, 0.25) is 10.0 Å². The van der Waals surface area contributed by atoms with Crippen LogP contribution in [0.15, 0.2) is 53.6 Å². The molecule has 1 N–H and O–H groups in total. The predicted molar refractivity (Wildman–Crippen MR) is 115 cm³/mol. The van der Waals surface area contributed by atoms with E-state index in [4.69, 9.17) is 4.74 Å². The van der Waals surface area contributed by atoms with Gasteiger partial charge >= 0.3 is 0 Å². The largest absolute Gasteiger partial charge is 0.373 e. The molecule has 1 aromatic carbocycles. The Hall–Kier alpha value is -1.96. The summed E-state index contributed by atoms with van der Waals surface area (Å²) in [5.74, 6) is 0.684. The van der Waals surface area contributed by atoms with Crippen LogP contribution in [-0.2, 0) is 14.8 Å². The van der Waals surface area contributed by atoms with E-state index in [1.807, 2.05) is 45.9 Å². The zero-order valence-corrected chi connectivity index (χ0v) is 18.4. The standard InChI is InChI=1S/C22H31N3O3S/c1-16(2)25(17(3)4)29(26,27)20-10-11-22(23-15-20)24-19-12-13-28-21(14-19)18-8-6-5-7-9-18/h5-11,15-17,19,21H,12-14H2,1-4H3,(H,23,24). The molecular weight excluding hydrogens is 386 g/mol. The first kappa shape index (κ1) is 21.7. The minimum absolute atomic E-state index is 0.0627. The second kappa shape index (κ2) is 9.24. The molecule has 6 nitrogen and oxygen atoms in total. The maximum Gasteiger partial charge on any atom is 0.245 e. The number of sulfonamides is 1. The van der Waals surface area contributed by atoms with Gasteiger partial charge in [0.05, 0.1) is 6.10 Å². The van der Waals surface area contributed by atoms with Crippen LogP contribution in [-0.4, -0.2) is 42.4 Å². The van der Waals surface area contributed by atoms with Crippen LogP contribution in [0.4, 0.5) is 5.82 Å². The molecule has 0 amide bonds. The minimum Gasteiger partial charge on any atom is -0.373 e. The summed E-state index contributed by atoms with van der Waals surface area (Å²) in [6.45, 7) is 8.22. The van der Waals surface area contributed by atoms with E-state index in [0.717, 1.165) is 12.8 Å². The molecule has 2 heterocycles. The van der Waals surface area contributed by atoms with Crippen molar-refractivity contribution in [2.75, 3.05) is 11.9 Å². The highest BCUT2D eigenvalue weighted by molar-refractivity contribution is 7.89. The van der Waals surface area contributed by atoms with Crippen LogP contribution in [0.5, 0.6) is 0 Å². The van der Waals surface area contributed by atoms with Gasteiger partial charge in [-0.3, -0.25) is 0 Å². The second-order valence-corrected chi connectivity index (χ2v) is 9.88. The van der Waals surface area contributed by atoms with Crippen LogP contribution in [0.25, 0.3) is 0 Å². The zero-order valence-electron chi connectivity index (χ0n) is 17.6. The number of aromatic nitrogens is 1. The molecule has 0 radical (unpaired) electrons. The van der Waals surface area contributed by atoms with Crippen LogP contribution in [0.2, 0.25) is 0 Å². The van der Waals surface area contributed by atoms with Crippen LogP contribution >= 0.6 is 0 Å². The van der Waals surface area contributed by atoms with Crippen molar-refractivity contribution in [1.29, 1.82) is 0 Å². The van der Waals surface area contributed by atoms with Gasteiger partial charge in [0.15, 0.2) is 0 Å². The van der Waals surface area contributed by atoms with E-state index in [-0.39, 0.29) is 29.1 Å². The Kier molecular flexibility index (Phi) is 6.93. The fraction of sp³-hybridized carbons (Fsp3) is 0.500. The highest BCUT2D eigenvalue weighted by atomic mass is 32.2. The van der Waals surface area contributed by atoms with E-state index in [9.17, 15) is 8.42 Å². The lowest BCUT2D eigenvalue weighted by molar-refractivity contribution is 0.00974. The first-order chi connectivity index (χ1) is 13.8. The molecular formula is C22H31N3O3S. The SMILES string of the molecule is CC(C)N(C(C)C)S(=O)(=O)c1ccc(NC2CCOC(c3ccccc3)C2)nc1. The fourth-order valence-corrected chi connectivity index (χ4v) is 5.71. The average molecular weight is 418 g/mol. The van der Waals surface area contributed by atoms with Crippen molar-refractivity contribution >= 4 is 15.8 Å². The molecule has 0 spiro atoms. The molecule has 0 aliphatic carbocycles. The number of nitrogens with one attached hydrogen (secondary N) is 1. The topological polar surface area (TPSA) is 71.5 Å². The molecule has 3 rings (SSSR count). The Labute approximate surface area is 174 Å². The maximum absolute atomic E-state index is 13.0. The molecule has 1 fully saturated rings. The average Bonchev–Trinajstić information content (AvgIpc) is 2.68. The summed E-state index contributed by atoms with van der Waals surface area (Å²) in [5, 5.41) is 3.43. The van der Waals surface area contributed by atoms with Gasteiger partial charge in [-0.05, 0) is 58.2 Å². The van der Waals surface area contributed by atoms with E-state index in [1.165, 1.54) is 16.1 Å². The van der Waals surface area contributed by atoms with E-state index in [2.05, 4.69) is 22.4 Å². The molecule has 1 aliphatic heterocycles.